The molecular formula is C27H39N3O3. The number of rotatable bonds is 9. The molecule has 0 saturated heterocycles. The van der Waals surface area contributed by atoms with Crippen LogP contribution in [0.3, 0.4) is 0 Å². The zero-order valence-corrected chi connectivity index (χ0v) is 21.7. The van der Waals surface area contributed by atoms with Gasteiger partial charge in [-0.15, -0.1) is 0 Å². The maximum atomic E-state index is 12.2. The standard InChI is InChI=1S/C27H39N3O3/c1-10-11-12-24(31)32-20(4)33-26(25-18(2)19(3)29-30(25)9)23(17-28-8)21-13-15-22(16-14-21)27(5,6)7/h13-17,20H,10-12H2,1-9H3/b26-23-,28-17?. The number of hydrogen-bond acceptors (Lipinski definition) is 5. The summed E-state index contributed by atoms with van der Waals surface area (Å²) in [5.74, 6) is 0.322. The van der Waals surface area contributed by atoms with Gasteiger partial charge in [-0.3, -0.25) is 14.5 Å². The highest BCUT2D eigenvalue weighted by atomic mass is 16.7. The van der Waals surface area contributed by atoms with Gasteiger partial charge in [0.05, 0.1) is 5.69 Å². The zero-order chi connectivity index (χ0) is 24.8. The molecule has 0 fully saturated rings. The third-order valence-corrected chi connectivity index (χ3v) is 5.62. The van der Waals surface area contributed by atoms with Gasteiger partial charge in [-0.05, 0) is 36.8 Å². The number of aromatic nitrogens is 2. The maximum absolute atomic E-state index is 12.2. The lowest BCUT2D eigenvalue weighted by atomic mass is 9.86. The van der Waals surface area contributed by atoms with Crippen LogP contribution in [0.5, 0.6) is 0 Å². The van der Waals surface area contributed by atoms with Gasteiger partial charge < -0.3 is 9.47 Å². The topological polar surface area (TPSA) is 65.7 Å². The smallest absolute Gasteiger partial charge is 0.308 e. The molecule has 1 aromatic heterocycles. The highest BCUT2D eigenvalue weighted by molar-refractivity contribution is 6.18. The number of hydrogen-bond donors (Lipinski definition) is 0. The highest BCUT2D eigenvalue weighted by Gasteiger charge is 2.24. The van der Waals surface area contributed by atoms with E-state index in [9.17, 15) is 4.79 Å². The van der Waals surface area contributed by atoms with Gasteiger partial charge in [0.1, 0.15) is 5.69 Å². The predicted octanol–water partition coefficient (Wildman–Crippen LogP) is 6.00. The van der Waals surface area contributed by atoms with E-state index in [1.165, 1.54) is 5.56 Å². The Morgan fingerprint density at radius 2 is 1.82 bits per heavy atom. The van der Waals surface area contributed by atoms with Gasteiger partial charge in [-0.1, -0.05) is 58.4 Å². The van der Waals surface area contributed by atoms with Crippen molar-refractivity contribution in [2.24, 2.45) is 12.0 Å². The van der Waals surface area contributed by atoms with Crippen molar-refractivity contribution < 1.29 is 14.3 Å². The Bertz CT molecular complexity index is 1010. The second-order valence-electron chi connectivity index (χ2n) is 9.42. The molecule has 1 atom stereocenters. The van der Waals surface area contributed by atoms with Crippen LogP contribution in [0.15, 0.2) is 29.3 Å². The number of carbonyl (C=O) groups is 1. The Kier molecular flexibility index (Phi) is 9.03. The molecule has 33 heavy (non-hydrogen) atoms. The van der Waals surface area contributed by atoms with Crippen LogP contribution in [0.1, 0.15) is 82.0 Å². The third-order valence-electron chi connectivity index (χ3n) is 5.62. The Labute approximate surface area is 198 Å². The zero-order valence-electron chi connectivity index (χ0n) is 21.7. The fraction of sp³-hybridized carbons (Fsp3) is 0.519. The number of unbranched alkanes of at least 4 members (excludes halogenated alkanes) is 1. The number of allylic oxidation sites excluding steroid dienone is 1. The molecule has 180 valence electrons. The largest absolute Gasteiger partial charge is 0.452 e. The molecule has 2 rings (SSSR count). The van der Waals surface area contributed by atoms with Crippen LogP contribution in [-0.4, -0.2) is 35.3 Å². The molecule has 0 aliphatic heterocycles. The van der Waals surface area contributed by atoms with E-state index in [1.54, 1.807) is 24.9 Å². The van der Waals surface area contributed by atoms with Crippen molar-refractivity contribution in [3.63, 3.8) is 0 Å². The molecule has 0 bridgehead atoms. The number of benzene rings is 1. The number of aryl methyl sites for hydroxylation is 2. The Balaban J connectivity index is 2.60. The molecule has 0 saturated carbocycles. The van der Waals surface area contributed by atoms with Gasteiger partial charge >= 0.3 is 5.97 Å². The fourth-order valence-electron chi connectivity index (χ4n) is 3.63. The molecule has 0 spiro atoms. The Morgan fingerprint density at radius 1 is 1.18 bits per heavy atom. The first-order valence-electron chi connectivity index (χ1n) is 11.6. The summed E-state index contributed by atoms with van der Waals surface area (Å²) in [4.78, 5) is 16.5. The van der Waals surface area contributed by atoms with Crippen LogP contribution in [0.4, 0.5) is 0 Å². The number of esters is 1. The minimum Gasteiger partial charge on any atom is -0.452 e. The summed E-state index contributed by atoms with van der Waals surface area (Å²) < 4.78 is 13.7. The molecule has 1 unspecified atom stereocenters. The molecule has 0 aliphatic carbocycles. The van der Waals surface area contributed by atoms with Gasteiger partial charge in [0.15, 0.2) is 5.76 Å². The van der Waals surface area contributed by atoms with E-state index in [4.69, 9.17) is 9.47 Å². The summed E-state index contributed by atoms with van der Waals surface area (Å²) in [6.45, 7) is 14.3. The monoisotopic (exact) mass is 453 g/mol. The number of ether oxygens (including phenoxy) is 2. The normalized spacial score (nSPS) is 13.7. The summed E-state index contributed by atoms with van der Waals surface area (Å²) in [6, 6.07) is 8.42. The van der Waals surface area contributed by atoms with Crippen molar-refractivity contribution in [2.45, 2.75) is 79.4 Å². The molecule has 0 aliphatic rings. The second-order valence-corrected chi connectivity index (χ2v) is 9.42. The van der Waals surface area contributed by atoms with Crippen molar-refractivity contribution in [3.05, 3.63) is 52.3 Å². The molecule has 0 N–H and O–H groups in total. The summed E-state index contributed by atoms with van der Waals surface area (Å²) in [7, 11) is 3.62. The number of aliphatic imine (C=N–C) groups is 1. The average Bonchev–Trinajstić information content (AvgIpc) is 3.00. The van der Waals surface area contributed by atoms with Gasteiger partial charge in [-0.25, -0.2) is 0 Å². The summed E-state index contributed by atoms with van der Waals surface area (Å²) in [5.41, 5.74) is 5.82. The quantitative estimate of drug-likeness (QED) is 0.202. The van der Waals surface area contributed by atoms with Crippen LogP contribution in [0.2, 0.25) is 0 Å². The van der Waals surface area contributed by atoms with E-state index in [2.05, 4.69) is 55.1 Å². The third kappa shape index (κ3) is 6.80. The van der Waals surface area contributed by atoms with Crippen LogP contribution in [0.25, 0.3) is 11.3 Å². The first-order valence-corrected chi connectivity index (χ1v) is 11.6. The number of nitrogens with zero attached hydrogens (tertiary/aromatic N) is 3. The molecule has 0 amide bonds. The first kappa shape index (κ1) is 26.4. The molecule has 6 heteroatoms. The SMILES string of the molecule is CCCCC(=O)OC(C)O/C(=C(/C=NC)c1ccc(C(C)(C)C)cc1)c1c(C)c(C)nn1C. The molecule has 1 heterocycles. The fourth-order valence-corrected chi connectivity index (χ4v) is 3.63. The molecule has 1 aromatic carbocycles. The van der Waals surface area contributed by atoms with E-state index >= 15 is 0 Å². The van der Waals surface area contributed by atoms with Crippen molar-refractivity contribution in [1.82, 2.24) is 9.78 Å². The van der Waals surface area contributed by atoms with Crippen LogP contribution >= 0.6 is 0 Å². The van der Waals surface area contributed by atoms with Gasteiger partial charge in [0.2, 0.25) is 6.29 Å². The van der Waals surface area contributed by atoms with E-state index in [0.717, 1.165) is 40.9 Å². The minimum atomic E-state index is -0.756. The summed E-state index contributed by atoms with van der Waals surface area (Å²) >= 11 is 0. The van der Waals surface area contributed by atoms with Crippen LogP contribution in [0, 0.1) is 13.8 Å². The minimum absolute atomic E-state index is 0.0531. The van der Waals surface area contributed by atoms with Crippen LogP contribution in [-0.2, 0) is 26.7 Å². The molecule has 2 aromatic rings. The van der Waals surface area contributed by atoms with E-state index in [-0.39, 0.29) is 11.4 Å². The van der Waals surface area contributed by atoms with E-state index in [0.29, 0.717) is 12.2 Å². The Morgan fingerprint density at radius 3 is 2.30 bits per heavy atom. The lowest BCUT2D eigenvalue weighted by molar-refractivity contribution is -0.164. The molecule has 0 radical (unpaired) electrons. The predicted molar refractivity (Wildman–Crippen MR) is 135 cm³/mol. The van der Waals surface area contributed by atoms with E-state index in [1.807, 2.05) is 27.8 Å². The maximum Gasteiger partial charge on any atom is 0.308 e. The van der Waals surface area contributed by atoms with Crippen molar-refractivity contribution in [1.29, 1.82) is 0 Å². The highest BCUT2D eigenvalue weighted by Crippen LogP contribution is 2.32. The molecular weight excluding hydrogens is 414 g/mol. The summed E-state index contributed by atoms with van der Waals surface area (Å²) in [5, 5.41) is 4.57. The average molecular weight is 454 g/mol. The van der Waals surface area contributed by atoms with Crippen molar-refractivity contribution >= 4 is 23.5 Å². The lowest BCUT2D eigenvalue weighted by Crippen LogP contribution is -2.19. The van der Waals surface area contributed by atoms with Gasteiger partial charge in [0.25, 0.3) is 0 Å². The van der Waals surface area contributed by atoms with Crippen molar-refractivity contribution in [3.8, 4) is 0 Å². The van der Waals surface area contributed by atoms with Gasteiger partial charge in [-0.2, -0.15) is 5.10 Å². The van der Waals surface area contributed by atoms with E-state index < -0.39 is 6.29 Å². The lowest BCUT2D eigenvalue weighted by Gasteiger charge is -2.22. The first-order chi connectivity index (χ1) is 15.5. The Hall–Kier alpha value is -2.89. The number of carbonyl (C=O) groups excluding carboxylic acids is 1. The molecule has 6 nitrogen and oxygen atoms in total. The van der Waals surface area contributed by atoms with Crippen molar-refractivity contribution in [2.75, 3.05) is 7.05 Å². The summed E-state index contributed by atoms with van der Waals surface area (Å²) in [6.07, 6.45) is 3.14. The second kappa shape index (κ2) is 11.3. The van der Waals surface area contributed by atoms with Crippen LogP contribution < -0.4 is 0 Å². The van der Waals surface area contributed by atoms with Gasteiger partial charge in [0, 0.05) is 44.8 Å².